The quantitative estimate of drug-likeness (QED) is 0.126. The molecule has 49 heavy (non-hydrogen) atoms. The van der Waals surface area contributed by atoms with Crippen LogP contribution in [0.5, 0.6) is 0 Å². The Balaban J connectivity index is 0.995. The lowest BCUT2D eigenvalue weighted by molar-refractivity contribution is -0.360. The van der Waals surface area contributed by atoms with Gasteiger partial charge in [0, 0.05) is 11.5 Å². The maximum atomic E-state index is 12.5. The molecule has 14 nitrogen and oxygen atoms in total. The topological polar surface area (TPSA) is 225 Å². The van der Waals surface area contributed by atoms with Crippen LogP contribution in [0.2, 0.25) is 0 Å². The van der Waals surface area contributed by atoms with E-state index in [-0.39, 0.29) is 47.8 Å². The predicted octanol–water partition coefficient (Wildman–Crippen LogP) is -0.749. The van der Waals surface area contributed by atoms with Crippen molar-refractivity contribution in [3.63, 3.8) is 0 Å². The Morgan fingerprint density at radius 1 is 0.878 bits per heavy atom. The Kier molecular flexibility index (Phi) is 9.57. The molecule has 7 rings (SSSR count). The number of hydrogen-bond donors (Lipinski definition) is 8. The van der Waals surface area contributed by atoms with Crippen molar-refractivity contribution in [2.75, 3.05) is 13.2 Å². The van der Waals surface area contributed by atoms with E-state index in [1.807, 2.05) is 0 Å². The smallest absolute Gasteiger partial charge is 0.331 e. The van der Waals surface area contributed by atoms with Crippen molar-refractivity contribution < 1.29 is 69.3 Å². The molecule has 278 valence electrons. The van der Waals surface area contributed by atoms with Gasteiger partial charge in [-0.15, -0.1) is 0 Å². The first-order valence-electron chi connectivity index (χ1n) is 18.0. The Hall–Kier alpha value is -1.27. The van der Waals surface area contributed by atoms with Gasteiger partial charge in [-0.3, -0.25) is 0 Å². The number of hydrogen-bond acceptors (Lipinski definition) is 14. The number of aliphatic hydroxyl groups is 8. The van der Waals surface area contributed by atoms with Crippen LogP contribution >= 0.6 is 0 Å². The second kappa shape index (κ2) is 13.0. The average Bonchev–Trinajstić information content (AvgIpc) is 3.60. The zero-order valence-corrected chi connectivity index (χ0v) is 28.4. The molecule has 0 aromatic rings. The van der Waals surface area contributed by atoms with E-state index in [9.17, 15) is 45.6 Å². The van der Waals surface area contributed by atoms with E-state index >= 15 is 0 Å². The minimum Gasteiger partial charge on any atom is -0.458 e. The predicted molar refractivity (Wildman–Crippen MR) is 167 cm³/mol. The van der Waals surface area contributed by atoms with Crippen LogP contribution in [-0.2, 0) is 28.5 Å². The molecule has 0 amide bonds. The summed E-state index contributed by atoms with van der Waals surface area (Å²) in [5.41, 5.74) is -0.847. The van der Waals surface area contributed by atoms with Crippen molar-refractivity contribution in [1.29, 1.82) is 0 Å². The summed E-state index contributed by atoms with van der Waals surface area (Å²) >= 11 is 0. The SMILES string of the molecule is C[C@H]1O[C@@H](O[C@H]2CC[C@@]3(C)C(CC[C@@H]4[C@@H]3[C@H](O)C[C@]3(C)[C@@H](C5=CC(=O)OC5)CC[C@]43O)C2)[C@H](O)[C@H](O)[C@H]1O[C@@H]1O[C@@H](CO)[C@H](O)[C@H](O)[C@@H]1O. The first-order valence-corrected chi connectivity index (χ1v) is 18.0. The molecule has 0 radical (unpaired) electrons. The summed E-state index contributed by atoms with van der Waals surface area (Å²) in [6.45, 7) is 5.54. The normalized spacial score (nSPS) is 56.0. The van der Waals surface area contributed by atoms with E-state index in [4.69, 9.17) is 23.7 Å². The zero-order valence-electron chi connectivity index (χ0n) is 28.4. The highest BCUT2D eigenvalue weighted by Gasteiger charge is 2.70. The van der Waals surface area contributed by atoms with Gasteiger partial charge in [0.05, 0.1) is 30.5 Å². The monoisotopic (exact) mass is 698 g/mol. The van der Waals surface area contributed by atoms with Crippen molar-refractivity contribution in [2.45, 2.75) is 151 Å². The van der Waals surface area contributed by atoms with E-state index in [0.717, 1.165) is 31.3 Å². The lowest BCUT2D eigenvalue weighted by Gasteiger charge is -2.65. The Bertz CT molecular complexity index is 1280. The van der Waals surface area contributed by atoms with E-state index in [1.54, 1.807) is 13.0 Å². The van der Waals surface area contributed by atoms with Crippen LogP contribution in [0.25, 0.3) is 0 Å². The number of esters is 1. The van der Waals surface area contributed by atoms with Crippen LogP contribution in [0.4, 0.5) is 0 Å². The van der Waals surface area contributed by atoms with Crippen LogP contribution in [0.15, 0.2) is 11.6 Å². The van der Waals surface area contributed by atoms with Crippen LogP contribution in [0, 0.1) is 34.5 Å². The standard InChI is InChI=1S/C35H54O14/c1-15-30(49-32-28(42)26(40)25(39)22(13-36)48-32)27(41)29(43)31(46-15)47-18-6-8-33(2)17(11-18)4-5-20-24(33)21(37)12-34(3)19(7-9-35(20,34)44)16-10-23(38)45-14-16/h10,15,17-22,24-32,36-37,39-44H,4-9,11-14H2,1-3H3/t15-,17?,18+,19-,20-,21-,22+,24-,25+,26+,27+,28+,29-,30+,31+,32+,33+,34-,35+/m1/s1. The van der Waals surface area contributed by atoms with Crippen molar-refractivity contribution in [3.05, 3.63) is 11.6 Å². The molecule has 14 heteroatoms. The summed E-state index contributed by atoms with van der Waals surface area (Å²) in [5.74, 6) is -0.342. The summed E-state index contributed by atoms with van der Waals surface area (Å²) in [7, 11) is 0. The molecular formula is C35H54O14. The largest absolute Gasteiger partial charge is 0.458 e. The molecule has 4 aliphatic carbocycles. The summed E-state index contributed by atoms with van der Waals surface area (Å²) in [6.07, 6.45) is -7.62. The van der Waals surface area contributed by atoms with Gasteiger partial charge in [-0.1, -0.05) is 13.8 Å². The number of cyclic esters (lactones) is 1. The zero-order chi connectivity index (χ0) is 35.2. The number of aliphatic hydroxyl groups excluding tert-OH is 7. The summed E-state index contributed by atoms with van der Waals surface area (Å²) < 4.78 is 28.7. The first kappa shape index (κ1) is 36.1. The fourth-order valence-electron chi connectivity index (χ4n) is 11.4. The van der Waals surface area contributed by atoms with Crippen LogP contribution < -0.4 is 0 Å². The number of carbonyl (C=O) groups is 1. The number of fused-ring (bicyclic) bond motifs is 5. The highest BCUT2D eigenvalue weighted by molar-refractivity contribution is 5.85. The van der Waals surface area contributed by atoms with Gasteiger partial charge < -0.3 is 64.5 Å². The number of rotatable bonds is 6. The molecule has 4 saturated carbocycles. The third-order valence-corrected chi connectivity index (χ3v) is 14.1. The van der Waals surface area contributed by atoms with Gasteiger partial charge >= 0.3 is 5.97 Å². The number of ether oxygens (including phenoxy) is 5. The third-order valence-electron chi connectivity index (χ3n) is 14.1. The van der Waals surface area contributed by atoms with E-state index in [0.29, 0.717) is 25.7 Å². The Morgan fingerprint density at radius 3 is 2.29 bits per heavy atom. The maximum Gasteiger partial charge on any atom is 0.331 e. The minimum absolute atomic E-state index is 0.0175. The van der Waals surface area contributed by atoms with E-state index < -0.39 is 85.1 Å². The highest BCUT2D eigenvalue weighted by Crippen LogP contribution is 2.70. The fourth-order valence-corrected chi connectivity index (χ4v) is 11.4. The molecule has 3 heterocycles. The van der Waals surface area contributed by atoms with Crippen LogP contribution in [-0.4, -0.2) is 139 Å². The molecular weight excluding hydrogens is 644 g/mol. The fraction of sp³-hybridized carbons (Fsp3) is 0.914. The van der Waals surface area contributed by atoms with Crippen molar-refractivity contribution >= 4 is 5.97 Å². The van der Waals surface area contributed by atoms with Gasteiger partial charge in [0.2, 0.25) is 0 Å². The molecule has 3 aliphatic heterocycles. The molecule has 8 N–H and O–H groups in total. The van der Waals surface area contributed by atoms with Crippen molar-refractivity contribution in [1.82, 2.24) is 0 Å². The molecule has 1 unspecified atom stereocenters. The van der Waals surface area contributed by atoms with Gasteiger partial charge in [-0.25, -0.2) is 4.79 Å². The second-order valence-corrected chi connectivity index (χ2v) is 16.5. The molecule has 7 aliphatic rings. The Morgan fingerprint density at radius 2 is 1.59 bits per heavy atom. The van der Waals surface area contributed by atoms with Crippen LogP contribution in [0.1, 0.15) is 72.1 Å². The molecule has 19 atom stereocenters. The van der Waals surface area contributed by atoms with E-state index in [1.165, 1.54) is 0 Å². The third kappa shape index (κ3) is 5.64. The van der Waals surface area contributed by atoms with Crippen molar-refractivity contribution in [3.8, 4) is 0 Å². The second-order valence-electron chi connectivity index (χ2n) is 16.5. The average molecular weight is 699 g/mol. The highest BCUT2D eigenvalue weighted by atomic mass is 16.7. The molecule has 0 spiro atoms. The first-order chi connectivity index (χ1) is 23.1. The van der Waals surface area contributed by atoms with Gasteiger partial charge in [-0.2, -0.15) is 0 Å². The minimum atomic E-state index is -1.67. The Labute approximate surface area is 285 Å². The van der Waals surface area contributed by atoms with E-state index in [2.05, 4.69) is 13.8 Å². The van der Waals surface area contributed by atoms with Gasteiger partial charge in [0.15, 0.2) is 12.6 Å². The molecule has 0 aromatic carbocycles. The molecule has 6 fully saturated rings. The molecule has 0 aromatic heterocycles. The van der Waals surface area contributed by atoms with Crippen molar-refractivity contribution in [2.24, 2.45) is 34.5 Å². The lowest BCUT2D eigenvalue weighted by Crippen LogP contribution is -2.66. The van der Waals surface area contributed by atoms with Gasteiger partial charge in [0.25, 0.3) is 0 Å². The summed E-state index contributed by atoms with van der Waals surface area (Å²) in [5, 5.41) is 86.6. The van der Waals surface area contributed by atoms with Crippen LogP contribution in [0.3, 0.4) is 0 Å². The summed E-state index contributed by atoms with van der Waals surface area (Å²) in [4.78, 5) is 11.9. The lowest BCUT2D eigenvalue weighted by atomic mass is 9.42. The summed E-state index contributed by atoms with van der Waals surface area (Å²) in [6, 6.07) is 0. The molecule has 0 bridgehead atoms. The number of carbonyl (C=O) groups excluding carboxylic acids is 1. The van der Waals surface area contributed by atoms with Gasteiger partial charge in [0.1, 0.15) is 49.3 Å². The van der Waals surface area contributed by atoms with Gasteiger partial charge in [-0.05, 0) is 93.0 Å². The molecule has 2 saturated heterocycles. The maximum absolute atomic E-state index is 12.5.